The van der Waals surface area contributed by atoms with Crippen molar-refractivity contribution < 1.29 is 14.3 Å². The summed E-state index contributed by atoms with van der Waals surface area (Å²) in [6, 6.07) is 15.6. The molecule has 1 aliphatic heterocycles. The van der Waals surface area contributed by atoms with Gasteiger partial charge in [0.2, 0.25) is 11.8 Å². The lowest BCUT2D eigenvalue weighted by atomic mass is 9.83. The minimum atomic E-state index is -0.325. The maximum Gasteiger partial charge on any atom is 0.227 e. The van der Waals surface area contributed by atoms with Gasteiger partial charge in [-0.15, -0.1) is 0 Å². The third-order valence-electron chi connectivity index (χ3n) is 5.63. The second kappa shape index (κ2) is 7.66. The number of piperidine rings is 1. The molecule has 2 atom stereocenters. The summed E-state index contributed by atoms with van der Waals surface area (Å²) in [5.74, 6) is 0.591. The number of nitrogens with one attached hydrogen (secondary N) is 1. The Labute approximate surface area is 165 Å². The van der Waals surface area contributed by atoms with Gasteiger partial charge in [-0.2, -0.15) is 0 Å². The molecule has 1 aliphatic carbocycles. The van der Waals surface area contributed by atoms with E-state index in [1.807, 2.05) is 60.4 Å². The Morgan fingerprint density at radius 3 is 2.32 bits per heavy atom. The molecule has 2 aromatic rings. The summed E-state index contributed by atoms with van der Waals surface area (Å²) in [6.45, 7) is 2.02. The Morgan fingerprint density at radius 2 is 1.71 bits per heavy atom. The van der Waals surface area contributed by atoms with Crippen molar-refractivity contribution in [3.8, 4) is 5.75 Å². The normalized spacial score (nSPS) is 22.1. The van der Waals surface area contributed by atoms with E-state index in [4.69, 9.17) is 4.74 Å². The summed E-state index contributed by atoms with van der Waals surface area (Å²) < 4.78 is 5.28. The number of amides is 2. The van der Waals surface area contributed by atoms with Crippen molar-refractivity contribution in [1.29, 1.82) is 0 Å². The lowest BCUT2D eigenvalue weighted by Crippen LogP contribution is -2.48. The molecular weight excluding hydrogens is 352 g/mol. The fourth-order valence-electron chi connectivity index (χ4n) is 3.90. The molecule has 2 aliphatic rings. The molecule has 5 heteroatoms. The van der Waals surface area contributed by atoms with Crippen LogP contribution in [0, 0.1) is 12.8 Å². The first-order valence-electron chi connectivity index (χ1n) is 9.90. The molecule has 2 aromatic carbocycles. The minimum Gasteiger partial charge on any atom is -0.497 e. The standard InChI is InChI=1S/C23H26N2O3/c1-15-3-9-18(10-4-15)25-21(26)14-13-20(23(27)24-17-7-8-17)22(25)16-5-11-19(28-2)12-6-16/h3-6,9-12,17,20,22H,7-8,13-14H2,1-2H3,(H,24,27)/t20-,22-/m0/s1. The second-order valence-electron chi connectivity index (χ2n) is 7.75. The van der Waals surface area contributed by atoms with E-state index < -0.39 is 0 Å². The highest BCUT2D eigenvalue weighted by atomic mass is 16.5. The monoisotopic (exact) mass is 378 g/mol. The third-order valence-corrected chi connectivity index (χ3v) is 5.63. The van der Waals surface area contributed by atoms with Crippen LogP contribution < -0.4 is 15.0 Å². The summed E-state index contributed by atoms with van der Waals surface area (Å²) in [7, 11) is 1.63. The molecule has 1 saturated carbocycles. The fraction of sp³-hybridized carbons (Fsp3) is 0.391. The third kappa shape index (κ3) is 3.75. The van der Waals surface area contributed by atoms with Crippen LogP contribution in [0.1, 0.15) is 42.9 Å². The zero-order valence-corrected chi connectivity index (χ0v) is 16.4. The maximum atomic E-state index is 13.0. The molecule has 1 N–H and O–H groups in total. The summed E-state index contributed by atoms with van der Waals surface area (Å²) in [5, 5.41) is 3.14. The summed E-state index contributed by atoms with van der Waals surface area (Å²) in [5.41, 5.74) is 2.92. The zero-order valence-electron chi connectivity index (χ0n) is 16.4. The van der Waals surface area contributed by atoms with Crippen molar-refractivity contribution >= 4 is 17.5 Å². The number of hydrogen-bond acceptors (Lipinski definition) is 3. The Bertz CT molecular complexity index is 856. The Balaban J connectivity index is 1.74. The van der Waals surface area contributed by atoms with Gasteiger partial charge in [0.15, 0.2) is 0 Å². The van der Waals surface area contributed by atoms with Crippen LogP contribution in [0.4, 0.5) is 5.69 Å². The van der Waals surface area contributed by atoms with Crippen molar-refractivity contribution in [1.82, 2.24) is 5.32 Å². The fourth-order valence-corrected chi connectivity index (χ4v) is 3.90. The van der Waals surface area contributed by atoms with E-state index >= 15 is 0 Å². The smallest absolute Gasteiger partial charge is 0.227 e. The van der Waals surface area contributed by atoms with E-state index in [0.29, 0.717) is 18.9 Å². The molecule has 146 valence electrons. The van der Waals surface area contributed by atoms with Crippen LogP contribution in [0.2, 0.25) is 0 Å². The molecule has 0 bridgehead atoms. The number of anilines is 1. The van der Waals surface area contributed by atoms with E-state index in [0.717, 1.165) is 35.4 Å². The summed E-state index contributed by atoms with van der Waals surface area (Å²) in [4.78, 5) is 27.8. The number of rotatable bonds is 5. The van der Waals surface area contributed by atoms with E-state index in [9.17, 15) is 9.59 Å². The van der Waals surface area contributed by atoms with Crippen LogP contribution in [-0.2, 0) is 9.59 Å². The Hall–Kier alpha value is -2.82. The Morgan fingerprint density at radius 1 is 1.04 bits per heavy atom. The molecule has 1 heterocycles. The van der Waals surface area contributed by atoms with Gasteiger partial charge in [-0.1, -0.05) is 29.8 Å². The molecule has 4 rings (SSSR count). The van der Waals surface area contributed by atoms with Gasteiger partial charge in [0.25, 0.3) is 0 Å². The quantitative estimate of drug-likeness (QED) is 0.862. The van der Waals surface area contributed by atoms with Gasteiger partial charge < -0.3 is 15.0 Å². The average molecular weight is 378 g/mol. The lowest BCUT2D eigenvalue weighted by molar-refractivity contribution is -0.129. The first-order chi connectivity index (χ1) is 13.6. The van der Waals surface area contributed by atoms with Crippen molar-refractivity contribution in [2.75, 3.05) is 12.0 Å². The van der Waals surface area contributed by atoms with Crippen LogP contribution in [0.5, 0.6) is 5.75 Å². The number of carbonyl (C=O) groups is 2. The summed E-state index contributed by atoms with van der Waals surface area (Å²) in [6.07, 6.45) is 3.04. The molecule has 1 saturated heterocycles. The molecule has 0 radical (unpaired) electrons. The predicted molar refractivity (Wildman–Crippen MR) is 108 cm³/mol. The largest absolute Gasteiger partial charge is 0.497 e. The molecular formula is C23H26N2O3. The topological polar surface area (TPSA) is 58.6 Å². The molecule has 2 fully saturated rings. The van der Waals surface area contributed by atoms with Gasteiger partial charge in [0, 0.05) is 18.2 Å². The van der Waals surface area contributed by atoms with E-state index in [1.165, 1.54) is 0 Å². The second-order valence-corrected chi connectivity index (χ2v) is 7.75. The van der Waals surface area contributed by atoms with Gasteiger partial charge in [0.1, 0.15) is 5.75 Å². The van der Waals surface area contributed by atoms with Crippen LogP contribution in [0.15, 0.2) is 48.5 Å². The first kappa shape index (κ1) is 18.5. The van der Waals surface area contributed by atoms with Gasteiger partial charge in [-0.05, 0) is 56.0 Å². The number of carbonyl (C=O) groups excluding carboxylic acids is 2. The molecule has 0 spiro atoms. The van der Waals surface area contributed by atoms with Gasteiger partial charge >= 0.3 is 0 Å². The highest BCUT2D eigenvalue weighted by Gasteiger charge is 2.42. The number of aryl methyl sites for hydroxylation is 1. The van der Waals surface area contributed by atoms with Crippen molar-refractivity contribution in [2.45, 2.75) is 44.7 Å². The van der Waals surface area contributed by atoms with Crippen LogP contribution in [-0.4, -0.2) is 25.0 Å². The molecule has 28 heavy (non-hydrogen) atoms. The highest BCUT2D eigenvalue weighted by Crippen LogP contribution is 2.41. The molecule has 0 unspecified atom stereocenters. The van der Waals surface area contributed by atoms with E-state index in [1.54, 1.807) is 7.11 Å². The SMILES string of the molecule is COc1ccc([C@H]2[C@@H](C(=O)NC3CC3)CCC(=O)N2c2ccc(C)cc2)cc1. The average Bonchev–Trinajstić information content (AvgIpc) is 3.52. The van der Waals surface area contributed by atoms with Crippen molar-refractivity contribution in [3.63, 3.8) is 0 Å². The minimum absolute atomic E-state index is 0.0490. The number of methoxy groups -OCH3 is 1. The lowest BCUT2D eigenvalue weighted by Gasteiger charge is -2.41. The van der Waals surface area contributed by atoms with Crippen LogP contribution in [0.3, 0.4) is 0 Å². The van der Waals surface area contributed by atoms with Gasteiger partial charge in [0.05, 0.1) is 19.1 Å². The van der Waals surface area contributed by atoms with E-state index in [-0.39, 0.29) is 23.8 Å². The first-order valence-corrected chi connectivity index (χ1v) is 9.90. The van der Waals surface area contributed by atoms with Crippen LogP contribution in [0.25, 0.3) is 0 Å². The Kier molecular flexibility index (Phi) is 5.07. The number of ether oxygens (including phenoxy) is 1. The summed E-state index contributed by atoms with van der Waals surface area (Å²) >= 11 is 0. The molecule has 5 nitrogen and oxygen atoms in total. The molecule has 0 aromatic heterocycles. The van der Waals surface area contributed by atoms with Gasteiger partial charge in [-0.3, -0.25) is 9.59 Å². The number of benzene rings is 2. The zero-order chi connectivity index (χ0) is 19.7. The van der Waals surface area contributed by atoms with Crippen LogP contribution >= 0.6 is 0 Å². The number of nitrogens with zero attached hydrogens (tertiary/aromatic N) is 1. The predicted octanol–water partition coefficient (Wildman–Crippen LogP) is 3.77. The van der Waals surface area contributed by atoms with E-state index in [2.05, 4.69) is 5.32 Å². The van der Waals surface area contributed by atoms with Gasteiger partial charge in [-0.25, -0.2) is 0 Å². The number of hydrogen-bond donors (Lipinski definition) is 1. The van der Waals surface area contributed by atoms with Crippen molar-refractivity contribution in [2.24, 2.45) is 5.92 Å². The molecule has 2 amide bonds. The van der Waals surface area contributed by atoms with Crippen molar-refractivity contribution in [3.05, 3.63) is 59.7 Å². The highest BCUT2D eigenvalue weighted by molar-refractivity contribution is 5.97. The maximum absolute atomic E-state index is 13.0.